The van der Waals surface area contributed by atoms with Crippen molar-refractivity contribution in [3.63, 3.8) is 0 Å². The summed E-state index contributed by atoms with van der Waals surface area (Å²) in [5, 5.41) is 15.7. The summed E-state index contributed by atoms with van der Waals surface area (Å²) in [5.41, 5.74) is 0.718. The van der Waals surface area contributed by atoms with Crippen molar-refractivity contribution in [3.8, 4) is 0 Å². The predicted octanol–water partition coefficient (Wildman–Crippen LogP) is 0.494. The molecule has 0 amide bonds. The van der Waals surface area contributed by atoms with Crippen LogP contribution in [0, 0.1) is 0 Å². The Kier molecular flexibility index (Phi) is 2.54. The monoisotopic (exact) mass is 152 g/mol. The average Bonchev–Trinajstić information content (AvgIpc) is 2.03. The fourth-order valence-corrected chi connectivity index (χ4v) is 0.702. The maximum Gasteiger partial charge on any atom is 0.303 e. The highest BCUT2D eigenvalue weighted by Crippen LogP contribution is 1.95. The minimum absolute atomic E-state index is 0.110. The van der Waals surface area contributed by atoms with Gasteiger partial charge in [-0.15, -0.1) is 0 Å². The molecule has 0 aliphatic heterocycles. The number of aryl methyl sites for hydroxylation is 1. The van der Waals surface area contributed by atoms with Gasteiger partial charge in [0, 0.05) is 12.6 Å². The van der Waals surface area contributed by atoms with Gasteiger partial charge in [0.1, 0.15) is 0 Å². The molecular weight excluding hydrogens is 144 g/mol. The molecule has 1 rings (SSSR count). The summed E-state index contributed by atoms with van der Waals surface area (Å²) in [6.07, 6.45) is 2.12. The topological polar surface area (TPSA) is 63.1 Å². The van der Waals surface area contributed by atoms with E-state index in [-0.39, 0.29) is 6.42 Å². The molecule has 0 spiro atoms. The lowest BCUT2D eigenvalue weighted by atomic mass is 10.2. The Bertz CT molecular complexity index is 235. The summed E-state index contributed by atoms with van der Waals surface area (Å²) < 4.78 is 0. The van der Waals surface area contributed by atoms with Crippen molar-refractivity contribution in [1.82, 2.24) is 10.2 Å². The first-order valence-electron chi connectivity index (χ1n) is 3.27. The number of carboxylic acid groups (broad SMARTS) is 1. The molecule has 0 aromatic carbocycles. The molecule has 0 aliphatic rings. The van der Waals surface area contributed by atoms with Gasteiger partial charge in [-0.25, -0.2) is 0 Å². The van der Waals surface area contributed by atoms with Crippen molar-refractivity contribution < 1.29 is 9.90 Å². The molecule has 1 aromatic rings. The van der Waals surface area contributed by atoms with Gasteiger partial charge in [0.2, 0.25) is 0 Å². The lowest BCUT2D eigenvalue weighted by Crippen LogP contribution is -1.99. The summed E-state index contributed by atoms with van der Waals surface area (Å²) in [6.45, 7) is 0. The van der Waals surface area contributed by atoms with Crippen molar-refractivity contribution in [2.75, 3.05) is 0 Å². The van der Waals surface area contributed by atoms with Crippen LogP contribution >= 0.6 is 0 Å². The van der Waals surface area contributed by atoms with Gasteiger partial charge in [-0.1, -0.05) is 0 Å². The first-order chi connectivity index (χ1) is 5.29. The van der Waals surface area contributed by atoms with Gasteiger partial charge in [0.15, 0.2) is 0 Å². The molecule has 0 fully saturated rings. The standard InChI is InChI=1S/C7H8N2O2/c10-7(11)4-3-6-2-1-5-8-9-6/h1-2,5H,3-4H2,(H,10,11). The Balaban J connectivity index is 2.45. The second kappa shape index (κ2) is 3.65. The molecule has 4 nitrogen and oxygen atoms in total. The number of hydrogen-bond donors (Lipinski definition) is 1. The second-order valence-electron chi connectivity index (χ2n) is 2.11. The van der Waals surface area contributed by atoms with Gasteiger partial charge in [0.05, 0.1) is 12.1 Å². The van der Waals surface area contributed by atoms with Gasteiger partial charge in [0.25, 0.3) is 0 Å². The van der Waals surface area contributed by atoms with Gasteiger partial charge < -0.3 is 5.11 Å². The third kappa shape index (κ3) is 2.75. The van der Waals surface area contributed by atoms with Crippen LogP contribution in [0.1, 0.15) is 12.1 Å². The smallest absolute Gasteiger partial charge is 0.303 e. The summed E-state index contributed by atoms with van der Waals surface area (Å²) in [7, 11) is 0. The largest absolute Gasteiger partial charge is 0.481 e. The van der Waals surface area contributed by atoms with Crippen LogP contribution in [0.5, 0.6) is 0 Å². The second-order valence-corrected chi connectivity index (χ2v) is 2.11. The van der Waals surface area contributed by atoms with Crippen molar-refractivity contribution >= 4 is 5.97 Å². The Morgan fingerprint density at radius 2 is 2.45 bits per heavy atom. The molecular formula is C7H8N2O2. The number of aliphatic carboxylic acids is 1. The Hall–Kier alpha value is -1.45. The minimum atomic E-state index is -0.810. The maximum absolute atomic E-state index is 10.1. The molecule has 1 aromatic heterocycles. The van der Waals surface area contributed by atoms with E-state index in [2.05, 4.69) is 10.2 Å². The first-order valence-corrected chi connectivity index (χ1v) is 3.27. The van der Waals surface area contributed by atoms with E-state index < -0.39 is 5.97 Å². The van der Waals surface area contributed by atoms with E-state index in [9.17, 15) is 4.79 Å². The summed E-state index contributed by atoms with van der Waals surface area (Å²) in [4.78, 5) is 10.1. The highest BCUT2D eigenvalue weighted by Gasteiger charge is 1.98. The maximum atomic E-state index is 10.1. The Morgan fingerprint density at radius 3 is 3.00 bits per heavy atom. The van der Waals surface area contributed by atoms with Crippen LogP contribution in [0.25, 0.3) is 0 Å². The van der Waals surface area contributed by atoms with Gasteiger partial charge >= 0.3 is 5.97 Å². The average molecular weight is 152 g/mol. The molecule has 1 N–H and O–H groups in total. The Labute approximate surface area is 63.9 Å². The van der Waals surface area contributed by atoms with E-state index in [4.69, 9.17) is 5.11 Å². The Morgan fingerprint density at radius 1 is 1.64 bits per heavy atom. The number of nitrogens with zero attached hydrogens (tertiary/aromatic N) is 2. The number of carbonyl (C=O) groups is 1. The van der Waals surface area contributed by atoms with E-state index in [1.807, 2.05) is 0 Å². The third-order valence-corrected chi connectivity index (χ3v) is 1.22. The molecule has 4 heteroatoms. The number of rotatable bonds is 3. The number of hydrogen-bond acceptors (Lipinski definition) is 3. The first kappa shape index (κ1) is 7.65. The third-order valence-electron chi connectivity index (χ3n) is 1.22. The van der Waals surface area contributed by atoms with Crippen molar-refractivity contribution in [2.24, 2.45) is 0 Å². The number of aromatic nitrogens is 2. The van der Waals surface area contributed by atoms with E-state index in [0.717, 1.165) is 5.69 Å². The quantitative estimate of drug-likeness (QED) is 0.684. The molecule has 0 unspecified atom stereocenters. The fourth-order valence-electron chi connectivity index (χ4n) is 0.702. The van der Waals surface area contributed by atoms with Crippen molar-refractivity contribution in [3.05, 3.63) is 24.0 Å². The summed E-state index contributed by atoms with van der Waals surface area (Å²) >= 11 is 0. The molecule has 1 heterocycles. The highest BCUT2D eigenvalue weighted by molar-refractivity contribution is 5.66. The predicted molar refractivity (Wildman–Crippen MR) is 38.0 cm³/mol. The normalized spacial score (nSPS) is 9.45. The van der Waals surface area contributed by atoms with Crippen molar-refractivity contribution in [1.29, 1.82) is 0 Å². The molecule has 0 aliphatic carbocycles. The van der Waals surface area contributed by atoms with Crippen LogP contribution in [0.2, 0.25) is 0 Å². The summed E-state index contributed by atoms with van der Waals surface area (Å²) in [6, 6.07) is 3.50. The molecule has 0 saturated carbocycles. The molecule has 0 saturated heterocycles. The molecule has 0 atom stereocenters. The van der Waals surface area contributed by atoms with Gasteiger partial charge in [-0.2, -0.15) is 10.2 Å². The molecule has 0 radical (unpaired) electrons. The van der Waals surface area contributed by atoms with Gasteiger partial charge in [-0.3, -0.25) is 4.79 Å². The van der Waals surface area contributed by atoms with Crippen LogP contribution in [0.15, 0.2) is 18.3 Å². The van der Waals surface area contributed by atoms with Crippen molar-refractivity contribution in [2.45, 2.75) is 12.8 Å². The van der Waals surface area contributed by atoms with E-state index in [1.165, 1.54) is 0 Å². The van der Waals surface area contributed by atoms with Crippen LogP contribution in [0.3, 0.4) is 0 Å². The zero-order valence-corrected chi connectivity index (χ0v) is 5.90. The SMILES string of the molecule is O=C(O)CCc1cccnn1. The molecule has 11 heavy (non-hydrogen) atoms. The van der Waals surface area contributed by atoms with E-state index in [1.54, 1.807) is 18.3 Å². The zero-order chi connectivity index (χ0) is 8.10. The zero-order valence-electron chi connectivity index (χ0n) is 5.90. The lowest BCUT2D eigenvalue weighted by molar-refractivity contribution is -0.136. The van der Waals surface area contributed by atoms with Crippen LogP contribution < -0.4 is 0 Å². The van der Waals surface area contributed by atoms with Gasteiger partial charge in [-0.05, 0) is 12.1 Å². The highest BCUT2D eigenvalue weighted by atomic mass is 16.4. The van der Waals surface area contributed by atoms with E-state index in [0.29, 0.717) is 6.42 Å². The van der Waals surface area contributed by atoms with Crippen LogP contribution in [-0.4, -0.2) is 21.3 Å². The van der Waals surface area contributed by atoms with Crippen LogP contribution in [0.4, 0.5) is 0 Å². The summed E-state index contributed by atoms with van der Waals surface area (Å²) in [5.74, 6) is -0.810. The van der Waals surface area contributed by atoms with E-state index >= 15 is 0 Å². The molecule has 0 bridgehead atoms. The molecule has 58 valence electrons. The minimum Gasteiger partial charge on any atom is -0.481 e. The number of carboxylic acids is 1. The lowest BCUT2D eigenvalue weighted by Gasteiger charge is -1.93. The fraction of sp³-hybridized carbons (Fsp3) is 0.286. The van der Waals surface area contributed by atoms with Crippen LogP contribution in [-0.2, 0) is 11.2 Å².